The molecule has 2 heterocycles. The Morgan fingerprint density at radius 2 is 2.04 bits per heavy atom. The van der Waals surface area contributed by atoms with E-state index in [1.165, 1.54) is 16.5 Å². The first-order chi connectivity index (χ1) is 11.4. The van der Waals surface area contributed by atoms with Crippen LogP contribution in [0.1, 0.15) is 40.4 Å². The van der Waals surface area contributed by atoms with Gasteiger partial charge < -0.3 is 9.64 Å². The fourth-order valence-corrected chi connectivity index (χ4v) is 2.60. The Labute approximate surface area is 138 Å². The number of ether oxygens (including phenoxy) is 1. The van der Waals surface area contributed by atoms with Gasteiger partial charge in [-0.1, -0.05) is 5.21 Å². The molecule has 1 aromatic heterocycles. The van der Waals surface area contributed by atoms with Crippen LogP contribution in [0.5, 0.6) is 0 Å². The Hall–Kier alpha value is -3.03. The first-order valence-electron chi connectivity index (χ1n) is 7.47. The molecule has 0 N–H and O–H groups in total. The summed E-state index contributed by atoms with van der Waals surface area (Å²) in [5.74, 6) is -0.949. The molecule has 0 spiro atoms. The lowest BCUT2D eigenvalue weighted by Gasteiger charge is -2.17. The van der Waals surface area contributed by atoms with Crippen molar-refractivity contribution >= 4 is 23.3 Å². The molecule has 0 saturated heterocycles. The minimum atomic E-state index is -0.613. The quantitative estimate of drug-likeness (QED) is 0.620. The highest BCUT2D eigenvalue weighted by molar-refractivity contribution is 6.02. The summed E-state index contributed by atoms with van der Waals surface area (Å²) in [7, 11) is 1.62. The van der Waals surface area contributed by atoms with Crippen LogP contribution in [0.15, 0.2) is 18.2 Å². The van der Waals surface area contributed by atoms with Crippen LogP contribution in [0.4, 0.5) is 5.69 Å². The van der Waals surface area contributed by atoms with E-state index in [1.807, 2.05) is 0 Å². The number of hydrogen-bond donors (Lipinski definition) is 0. The number of aromatic nitrogens is 3. The van der Waals surface area contributed by atoms with Crippen molar-refractivity contribution in [1.29, 1.82) is 0 Å². The third-order valence-electron chi connectivity index (χ3n) is 3.90. The van der Waals surface area contributed by atoms with Crippen molar-refractivity contribution < 1.29 is 19.1 Å². The molecular weight excluding hydrogens is 312 g/mol. The van der Waals surface area contributed by atoms with E-state index in [9.17, 15) is 14.4 Å². The lowest BCUT2D eigenvalue weighted by molar-refractivity contribution is -0.117. The molecular formula is C16H16N4O4. The number of esters is 1. The number of anilines is 1. The maximum absolute atomic E-state index is 12.5. The summed E-state index contributed by atoms with van der Waals surface area (Å²) in [5.41, 5.74) is 2.00. The van der Waals surface area contributed by atoms with Gasteiger partial charge in [0.2, 0.25) is 5.91 Å². The predicted octanol–water partition coefficient (Wildman–Crippen LogP) is 1.17. The molecule has 0 radical (unpaired) electrons. The van der Waals surface area contributed by atoms with Crippen molar-refractivity contribution in [1.82, 2.24) is 15.0 Å². The second-order valence-corrected chi connectivity index (χ2v) is 5.41. The number of hydrogen-bond acceptors (Lipinski definition) is 6. The zero-order chi connectivity index (χ0) is 17.4. The predicted molar refractivity (Wildman–Crippen MR) is 84.4 cm³/mol. The van der Waals surface area contributed by atoms with Gasteiger partial charge in [0.05, 0.1) is 30.1 Å². The standard InChI is InChI=1S/C16H16N4O4/c1-4-24-16(23)15-13-8-14(22)19(3)12-7-10(9(2)21)5-6-11(12)20(13)18-17-15/h5-7H,4,8H2,1-3H3. The van der Waals surface area contributed by atoms with Gasteiger partial charge in [0.15, 0.2) is 11.5 Å². The van der Waals surface area contributed by atoms with Crippen LogP contribution in [0, 0.1) is 0 Å². The molecule has 2 aromatic rings. The van der Waals surface area contributed by atoms with Crippen LogP contribution in [0.25, 0.3) is 5.69 Å². The summed E-state index contributed by atoms with van der Waals surface area (Å²) in [6, 6.07) is 4.98. The lowest BCUT2D eigenvalue weighted by atomic mass is 10.1. The summed E-state index contributed by atoms with van der Waals surface area (Å²) >= 11 is 0. The molecule has 0 fully saturated rings. The number of ketones is 1. The molecule has 1 aliphatic heterocycles. The molecule has 3 rings (SSSR count). The number of fused-ring (bicyclic) bond motifs is 3. The largest absolute Gasteiger partial charge is 0.461 e. The molecule has 0 unspecified atom stereocenters. The molecule has 0 atom stereocenters. The summed E-state index contributed by atoms with van der Waals surface area (Å²) in [4.78, 5) is 37.6. The summed E-state index contributed by atoms with van der Waals surface area (Å²) in [6.07, 6.45) is -0.0399. The summed E-state index contributed by atoms with van der Waals surface area (Å²) < 4.78 is 6.42. The number of carbonyl (C=O) groups excluding carboxylic acids is 3. The number of rotatable bonds is 3. The van der Waals surface area contributed by atoms with Gasteiger partial charge in [-0.25, -0.2) is 9.48 Å². The van der Waals surface area contributed by atoms with E-state index >= 15 is 0 Å². The van der Waals surface area contributed by atoms with Crippen LogP contribution in [-0.4, -0.2) is 46.3 Å². The second kappa shape index (κ2) is 5.88. The van der Waals surface area contributed by atoms with Crippen LogP contribution >= 0.6 is 0 Å². The summed E-state index contributed by atoms with van der Waals surface area (Å²) in [6.45, 7) is 3.36. The van der Waals surface area contributed by atoms with Crippen molar-refractivity contribution in [3.8, 4) is 5.69 Å². The van der Waals surface area contributed by atoms with Crippen molar-refractivity contribution in [3.05, 3.63) is 35.2 Å². The normalized spacial score (nSPS) is 13.1. The van der Waals surface area contributed by atoms with E-state index in [4.69, 9.17) is 4.74 Å². The van der Waals surface area contributed by atoms with Crippen molar-refractivity contribution in [2.45, 2.75) is 20.3 Å². The van der Waals surface area contributed by atoms with Crippen LogP contribution < -0.4 is 4.90 Å². The maximum atomic E-state index is 12.5. The Kier molecular flexibility index (Phi) is 3.88. The molecule has 1 aromatic carbocycles. The molecule has 8 nitrogen and oxygen atoms in total. The smallest absolute Gasteiger partial charge is 0.360 e. The lowest BCUT2D eigenvalue weighted by Crippen LogP contribution is -2.27. The molecule has 0 saturated carbocycles. The van der Waals surface area contributed by atoms with E-state index in [0.717, 1.165) is 0 Å². The number of Topliss-reactive ketones (excluding diaryl/α,β-unsaturated/α-hetero) is 1. The zero-order valence-corrected chi connectivity index (χ0v) is 13.6. The highest BCUT2D eigenvalue weighted by Gasteiger charge is 2.30. The Morgan fingerprint density at radius 1 is 1.29 bits per heavy atom. The van der Waals surface area contributed by atoms with E-state index in [2.05, 4.69) is 10.3 Å². The van der Waals surface area contributed by atoms with E-state index in [1.54, 1.807) is 32.2 Å². The van der Waals surface area contributed by atoms with E-state index < -0.39 is 5.97 Å². The van der Waals surface area contributed by atoms with Gasteiger partial charge in [-0.3, -0.25) is 9.59 Å². The molecule has 0 bridgehead atoms. The van der Waals surface area contributed by atoms with Gasteiger partial charge >= 0.3 is 5.97 Å². The molecule has 1 aliphatic rings. The highest BCUT2D eigenvalue weighted by atomic mass is 16.5. The van der Waals surface area contributed by atoms with Gasteiger partial charge in [-0.15, -0.1) is 5.10 Å². The van der Waals surface area contributed by atoms with Crippen LogP contribution in [-0.2, 0) is 16.0 Å². The number of carbonyl (C=O) groups is 3. The van der Waals surface area contributed by atoms with Crippen molar-refractivity contribution in [3.63, 3.8) is 0 Å². The highest BCUT2D eigenvalue weighted by Crippen LogP contribution is 2.30. The average Bonchev–Trinajstić information content (AvgIpc) is 2.93. The minimum Gasteiger partial charge on any atom is -0.461 e. The topological polar surface area (TPSA) is 94.4 Å². The minimum absolute atomic E-state index is 0.0297. The molecule has 8 heteroatoms. The number of likely N-dealkylation sites (N-methyl/N-ethyl adjacent to an activating group) is 1. The monoisotopic (exact) mass is 328 g/mol. The van der Waals surface area contributed by atoms with Gasteiger partial charge in [0.25, 0.3) is 0 Å². The van der Waals surface area contributed by atoms with Gasteiger partial charge in [0.1, 0.15) is 0 Å². The van der Waals surface area contributed by atoms with Crippen LogP contribution in [0.2, 0.25) is 0 Å². The molecule has 1 amide bonds. The Bertz CT molecular complexity index is 856. The first-order valence-corrected chi connectivity index (χ1v) is 7.47. The first kappa shape index (κ1) is 15.9. The van der Waals surface area contributed by atoms with Gasteiger partial charge in [0, 0.05) is 12.6 Å². The SMILES string of the molecule is CCOC(=O)c1nnn2c1CC(=O)N(C)c1cc(C(C)=O)ccc1-2. The molecule has 24 heavy (non-hydrogen) atoms. The Balaban J connectivity index is 2.20. The fourth-order valence-electron chi connectivity index (χ4n) is 2.60. The van der Waals surface area contributed by atoms with Gasteiger partial charge in [-0.05, 0) is 32.0 Å². The fraction of sp³-hybridized carbons (Fsp3) is 0.312. The Morgan fingerprint density at radius 3 is 2.71 bits per heavy atom. The molecule has 0 aliphatic carbocycles. The van der Waals surface area contributed by atoms with Crippen molar-refractivity contribution in [2.24, 2.45) is 0 Å². The van der Waals surface area contributed by atoms with Crippen LogP contribution in [0.3, 0.4) is 0 Å². The third-order valence-corrected chi connectivity index (χ3v) is 3.90. The van der Waals surface area contributed by atoms with E-state index in [0.29, 0.717) is 22.6 Å². The van der Waals surface area contributed by atoms with Gasteiger partial charge in [-0.2, -0.15) is 0 Å². The second-order valence-electron chi connectivity index (χ2n) is 5.41. The number of amides is 1. The van der Waals surface area contributed by atoms with E-state index in [-0.39, 0.29) is 30.4 Å². The maximum Gasteiger partial charge on any atom is 0.360 e. The number of benzene rings is 1. The van der Waals surface area contributed by atoms with Crippen molar-refractivity contribution in [2.75, 3.05) is 18.6 Å². The summed E-state index contributed by atoms with van der Waals surface area (Å²) in [5, 5.41) is 7.88. The average molecular weight is 328 g/mol. The zero-order valence-electron chi connectivity index (χ0n) is 13.6. The number of nitrogens with zero attached hydrogens (tertiary/aromatic N) is 4. The third kappa shape index (κ3) is 2.45. The molecule has 124 valence electrons.